The van der Waals surface area contributed by atoms with Crippen molar-refractivity contribution in [3.05, 3.63) is 26.6 Å². The molecule has 0 aliphatic rings. The lowest BCUT2D eigenvalue weighted by molar-refractivity contribution is -0.118. The molecule has 0 radical (unpaired) electrons. The number of hydrogen-bond donors (Lipinski definition) is 1. The first-order valence-corrected chi connectivity index (χ1v) is 6.83. The van der Waals surface area contributed by atoms with Crippen molar-refractivity contribution in [3.8, 4) is 0 Å². The number of halogens is 2. The summed E-state index contributed by atoms with van der Waals surface area (Å²) in [5.74, 6) is -0.842. The highest BCUT2D eigenvalue weighted by molar-refractivity contribution is 9.11. The van der Waals surface area contributed by atoms with Gasteiger partial charge in [0.15, 0.2) is 0 Å². The van der Waals surface area contributed by atoms with Gasteiger partial charge in [-0.15, -0.1) is 0 Å². The van der Waals surface area contributed by atoms with Crippen LogP contribution in [0.15, 0.2) is 21.1 Å². The van der Waals surface area contributed by atoms with Crippen molar-refractivity contribution >= 4 is 49.4 Å². The van der Waals surface area contributed by atoms with Crippen molar-refractivity contribution in [3.63, 3.8) is 0 Å². The maximum absolute atomic E-state index is 11.7. The molecule has 4 nitrogen and oxygen atoms in total. The van der Waals surface area contributed by atoms with Crippen LogP contribution >= 0.6 is 31.9 Å². The Morgan fingerprint density at radius 2 is 1.89 bits per heavy atom. The van der Waals surface area contributed by atoms with E-state index < -0.39 is 5.97 Å². The third-order valence-corrected chi connectivity index (χ3v) is 3.32. The Balaban J connectivity index is 3.24. The van der Waals surface area contributed by atoms with Crippen molar-refractivity contribution in [2.45, 2.75) is 13.8 Å². The van der Waals surface area contributed by atoms with Crippen molar-refractivity contribution in [2.24, 2.45) is 5.92 Å². The molecule has 1 aromatic carbocycles. The van der Waals surface area contributed by atoms with E-state index in [0.717, 1.165) is 4.47 Å². The maximum atomic E-state index is 11.7. The van der Waals surface area contributed by atoms with Gasteiger partial charge in [-0.05, 0) is 28.1 Å². The average molecular weight is 379 g/mol. The first-order valence-electron chi connectivity index (χ1n) is 5.25. The number of amides is 1. The van der Waals surface area contributed by atoms with Gasteiger partial charge in [0, 0.05) is 14.9 Å². The molecule has 0 aliphatic carbocycles. The quantitative estimate of drug-likeness (QED) is 0.817. The van der Waals surface area contributed by atoms with Crippen LogP contribution < -0.4 is 5.32 Å². The number of rotatable bonds is 3. The predicted octanol–water partition coefficient (Wildman–Crippen LogP) is 3.59. The summed E-state index contributed by atoms with van der Waals surface area (Å²) in [5, 5.41) is 2.71. The number of carbonyl (C=O) groups excluding carboxylic acids is 2. The van der Waals surface area contributed by atoms with Crippen LogP contribution in [0.4, 0.5) is 5.69 Å². The molecule has 0 atom stereocenters. The van der Waals surface area contributed by atoms with E-state index in [2.05, 4.69) is 37.2 Å². The van der Waals surface area contributed by atoms with Gasteiger partial charge in [-0.2, -0.15) is 0 Å². The van der Waals surface area contributed by atoms with Crippen molar-refractivity contribution in [1.82, 2.24) is 0 Å². The van der Waals surface area contributed by atoms with Gasteiger partial charge in [-0.3, -0.25) is 4.79 Å². The van der Waals surface area contributed by atoms with Crippen LogP contribution in [-0.4, -0.2) is 19.0 Å². The van der Waals surface area contributed by atoms with Gasteiger partial charge >= 0.3 is 5.97 Å². The fourth-order valence-electron chi connectivity index (χ4n) is 1.24. The molecule has 0 fully saturated rings. The number of hydrogen-bond acceptors (Lipinski definition) is 3. The molecular formula is C12H13Br2NO3. The molecule has 0 saturated heterocycles. The summed E-state index contributed by atoms with van der Waals surface area (Å²) < 4.78 is 6.03. The number of methoxy groups -OCH3 is 1. The van der Waals surface area contributed by atoms with Gasteiger partial charge in [0.2, 0.25) is 5.91 Å². The number of carbonyl (C=O) groups is 2. The fourth-order valence-corrected chi connectivity index (χ4v) is 2.56. The van der Waals surface area contributed by atoms with E-state index in [0.29, 0.717) is 15.7 Å². The van der Waals surface area contributed by atoms with Gasteiger partial charge in [0.1, 0.15) is 0 Å². The normalized spacial score (nSPS) is 10.3. The third kappa shape index (κ3) is 3.55. The SMILES string of the molecule is COC(=O)c1cc(Br)cc(Br)c1NC(=O)C(C)C. The lowest BCUT2D eigenvalue weighted by atomic mass is 10.1. The summed E-state index contributed by atoms with van der Waals surface area (Å²) >= 11 is 6.61. The molecule has 18 heavy (non-hydrogen) atoms. The monoisotopic (exact) mass is 377 g/mol. The Kier molecular flexibility index (Phi) is 5.34. The van der Waals surface area contributed by atoms with E-state index >= 15 is 0 Å². The van der Waals surface area contributed by atoms with E-state index in [1.165, 1.54) is 7.11 Å². The molecule has 0 heterocycles. The van der Waals surface area contributed by atoms with Gasteiger partial charge in [-0.25, -0.2) is 4.79 Å². The predicted molar refractivity (Wildman–Crippen MR) is 76.6 cm³/mol. The largest absolute Gasteiger partial charge is 0.465 e. The first-order chi connectivity index (χ1) is 8.36. The topological polar surface area (TPSA) is 55.4 Å². The molecule has 1 N–H and O–H groups in total. The highest BCUT2D eigenvalue weighted by Crippen LogP contribution is 2.31. The highest BCUT2D eigenvalue weighted by Gasteiger charge is 2.19. The van der Waals surface area contributed by atoms with Gasteiger partial charge in [-0.1, -0.05) is 29.8 Å². The molecule has 0 unspecified atom stereocenters. The minimum Gasteiger partial charge on any atom is -0.465 e. The highest BCUT2D eigenvalue weighted by atomic mass is 79.9. The molecule has 0 bridgehead atoms. The second-order valence-corrected chi connectivity index (χ2v) is 5.72. The molecule has 6 heteroatoms. The summed E-state index contributed by atoms with van der Waals surface area (Å²) in [7, 11) is 1.30. The summed E-state index contributed by atoms with van der Waals surface area (Å²) in [5.41, 5.74) is 0.719. The van der Waals surface area contributed by atoms with Crippen LogP contribution in [0.2, 0.25) is 0 Å². The number of nitrogens with one attached hydrogen (secondary N) is 1. The van der Waals surface area contributed by atoms with E-state index in [1.54, 1.807) is 26.0 Å². The second-order valence-electron chi connectivity index (χ2n) is 3.95. The van der Waals surface area contributed by atoms with Crippen LogP contribution in [0.5, 0.6) is 0 Å². The molecule has 0 saturated carbocycles. The molecule has 0 aliphatic heterocycles. The van der Waals surface area contributed by atoms with E-state index in [-0.39, 0.29) is 11.8 Å². The van der Waals surface area contributed by atoms with E-state index in [1.807, 2.05) is 0 Å². The number of anilines is 1. The van der Waals surface area contributed by atoms with Gasteiger partial charge in [0.25, 0.3) is 0 Å². The molecule has 1 amide bonds. The third-order valence-electron chi connectivity index (χ3n) is 2.23. The standard InChI is InChI=1S/C12H13Br2NO3/c1-6(2)11(16)15-10-8(12(17)18-3)4-7(13)5-9(10)14/h4-6H,1-3H3,(H,15,16). The Hall–Kier alpha value is -0.880. The van der Waals surface area contributed by atoms with Crippen molar-refractivity contribution in [1.29, 1.82) is 0 Å². The van der Waals surface area contributed by atoms with E-state index in [4.69, 9.17) is 4.74 Å². The number of ether oxygens (including phenoxy) is 1. The minimum absolute atomic E-state index is 0.164. The summed E-state index contributed by atoms with van der Waals surface area (Å²) in [6.07, 6.45) is 0. The summed E-state index contributed by atoms with van der Waals surface area (Å²) in [4.78, 5) is 23.4. The van der Waals surface area contributed by atoms with Crippen molar-refractivity contribution < 1.29 is 14.3 Å². The van der Waals surface area contributed by atoms with Gasteiger partial charge in [0.05, 0.1) is 18.4 Å². The van der Waals surface area contributed by atoms with Crippen LogP contribution in [0.1, 0.15) is 24.2 Å². The molecule has 1 rings (SSSR count). The first kappa shape index (κ1) is 15.2. The number of benzene rings is 1. The molecule has 0 aromatic heterocycles. The zero-order valence-electron chi connectivity index (χ0n) is 10.2. The summed E-state index contributed by atoms with van der Waals surface area (Å²) in [6.45, 7) is 3.56. The van der Waals surface area contributed by atoms with Crippen LogP contribution in [0.25, 0.3) is 0 Å². The number of esters is 1. The Labute approximate surface area is 122 Å². The van der Waals surface area contributed by atoms with E-state index in [9.17, 15) is 9.59 Å². The van der Waals surface area contributed by atoms with Gasteiger partial charge < -0.3 is 10.1 Å². The molecule has 1 aromatic rings. The summed E-state index contributed by atoms with van der Waals surface area (Å²) in [6, 6.07) is 3.36. The zero-order valence-corrected chi connectivity index (χ0v) is 13.4. The van der Waals surface area contributed by atoms with Crippen molar-refractivity contribution in [2.75, 3.05) is 12.4 Å². The lowest BCUT2D eigenvalue weighted by Gasteiger charge is -2.14. The van der Waals surface area contributed by atoms with Crippen LogP contribution in [0, 0.1) is 5.92 Å². The lowest BCUT2D eigenvalue weighted by Crippen LogP contribution is -2.20. The minimum atomic E-state index is -0.504. The smallest absolute Gasteiger partial charge is 0.340 e. The molecular weight excluding hydrogens is 366 g/mol. The Morgan fingerprint density at radius 3 is 2.39 bits per heavy atom. The average Bonchev–Trinajstić information content (AvgIpc) is 2.30. The molecule has 0 spiro atoms. The fraction of sp³-hybridized carbons (Fsp3) is 0.333. The zero-order chi connectivity index (χ0) is 13.9. The Morgan fingerprint density at radius 1 is 1.28 bits per heavy atom. The second kappa shape index (κ2) is 6.33. The van der Waals surface area contributed by atoms with Crippen LogP contribution in [-0.2, 0) is 9.53 Å². The van der Waals surface area contributed by atoms with Crippen LogP contribution in [0.3, 0.4) is 0 Å². The maximum Gasteiger partial charge on any atom is 0.340 e. The molecule has 98 valence electrons. The Bertz CT molecular complexity index is 486.